The molecule has 1 aromatic rings. The maximum atomic E-state index is 11.3. The number of rotatable bonds is 4. The average Bonchev–Trinajstić information content (AvgIpc) is 2.19. The van der Waals surface area contributed by atoms with Gasteiger partial charge in [0.25, 0.3) is 5.91 Å². The van der Waals surface area contributed by atoms with Crippen LogP contribution in [0.15, 0.2) is 27.6 Å². The molecule has 0 fully saturated rings. The zero-order chi connectivity index (χ0) is 10.4. The van der Waals surface area contributed by atoms with E-state index in [4.69, 9.17) is 4.74 Å². The minimum atomic E-state index is -0.474. The van der Waals surface area contributed by atoms with Crippen LogP contribution in [0.25, 0.3) is 0 Å². The molecule has 1 N–H and O–H groups in total. The van der Waals surface area contributed by atoms with Gasteiger partial charge in [0, 0.05) is 19.7 Å². The van der Waals surface area contributed by atoms with Gasteiger partial charge in [0.2, 0.25) is 0 Å². The van der Waals surface area contributed by atoms with E-state index in [1.54, 1.807) is 7.11 Å². The molecule has 0 aromatic carbocycles. The number of hydrogen-bond donors (Lipinski definition) is 1. The Bertz CT molecular complexity index is 338. The fraction of sp³-hybridized carbons (Fsp3) is 0.333. The normalized spacial score (nSPS) is 9.79. The molecule has 0 aliphatic heterocycles. The van der Waals surface area contributed by atoms with Crippen molar-refractivity contribution in [2.45, 2.75) is 0 Å². The van der Waals surface area contributed by atoms with Crippen LogP contribution >= 0.6 is 0 Å². The van der Waals surface area contributed by atoms with Crippen LogP contribution < -0.4 is 10.9 Å². The first-order valence-corrected chi connectivity index (χ1v) is 4.10. The lowest BCUT2D eigenvalue weighted by atomic mass is 10.3. The molecule has 0 aliphatic carbocycles. The summed E-state index contributed by atoms with van der Waals surface area (Å²) in [6, 6.07) is 2.61. The van der Waals surface area contributed by atoms with E-state index in [-0.39, 0.29) is 5.91 Å². The number of hydrogen-bond acceptors (Lipinski definition) is 4. The fourth-order valence-corrected chi connectivity index (χ4v) is 0.856. The van der Waals surface area contributed by atoms with Gasteiger partial charge in [-0.1, -0.05) is 0 Å². The van der Waals surface area contributed by atoms with Crippen LogP contribution in [0, 0.1) is 0 Å². The standard InChI is InChI=1S/C9H11NO4/c1-13-5-4-10-9(12)7-2-3-8(11)14-6-7/h2-3,6H,4-5H2,1H3,(H,10,12). The van der Waals surface area contributed by atoms with Crippen LogP contribution in [0.5, 0.6) is 0 Å². The van der Waals surface area contributed by atoms with Crippen LogP contribution in [0.1, 0.15) is 10.4 Å². The Kier molecular flexibility index (Phi) is 3.87. The number of nitrogens with one attached hydrogen (secondary N) is 1. The van der Waals surface area contributed by atoms with Crippen molar-refractivity contribution in [2.75, 3.05) is 20.3 Å². The summed E-state index contributed by atoms with van der Waals surface area (Å²) in [6.45, 7) is 0.872. The molecular weight excluding hydrogens is 186 g/mol. The number of ether oxygens (including phenoxy) is 1. The third kappa shape index (κ3) is 3.02. The minimum absolute atomic E-state index is 0.286. The fourth-order valence-electron chi connectivity index (χ4n) is 0.856. The molecule has 0 saturated carbocycles. The van der Waals surface area contributed by atoms with Crippen molar-refractivity contribution < 1.29 is 13.9 Å². The van der Waals surface area contributed by atoms with E-state index < -0.39 is 5.63 Å². The van der Waals surface area contributed by atoms with Gasteiger partial charge in [-0.3, -0.25) is 4.79 Å². The van der Waals surface area contributed by atoms with E-state index >= 15 is 0 Å². The van der Waals surface area contributed by atoms with E-state index in [0.29, 0.717) is 18.7 Å². The number of amides is 1. The summed E-state index contributed by atoms with van der Waals surface area (Å²) in [4.78, 5) is 21.9. The van der Waals surface area contributed by atoms with Gasteiger partial charge in [-0.15, -0.1) is 0 Å². The molecule has 0 radical (unpaired) electrons. The van der Waals surface area contributed by atoms with Crippen LogP contribution in [0.3, 0.4) is 0 Å². The first-order valence-electron chi connectivity index (χ1n) is 4.10. The Morgan fingerprint density at radius 3 is 2.93 bits per heavy atom. The second kappa shape index (κ2) is 5.18. The molecule has 0 spiro atoms. The topological polar surface area (TPSA) is 68.5 Å². The number of carbonyl (C=O) groups is 1. The quantitative estimate of drug-likeness (QED) is 0.691. The van der Waals surface area contributed by atoms with Crippen LogP contribution in [0.2, 0.25) is 0 Å². The van der Waals surface area contributed by atoms with Crippen molar-refractivity contribution in [1.29, 1.82) is 0 Å². The zero-order valence-corrected chi connectivity index (χ0v) is 7.78. The Morgan fingerprint density at radius 1 is 1.57 bits per heavy atom. The number of carbonyl (C=O) groups excluding carboxylic acids is 1. The molecule has 14 heavy (non-hydrogen) atoms. The van der Waals surface area contributed by atoms with Gasteiger partial charge in [-0.05, 0) is 6.07 Å². The van der Waals surface area contributed by atoms with Crippen molar-refractivity contribution in [3.8, 4) is 0 Å². The molecule has 0 bridgehead atoms. The molecule has 76 valence electrons. The first kappa shape index (κ1) is 10.5. The monoisotopic (exact) mass is 197 g/mol. The summed E-state index contributed by atoms with van der Waals surface area (Å²) in [6.07, 6.45) is 1.13. The van der Waals surface area contributed by atoms with Crippen LogP contribution in [-0.4, -0.2) is 26.2 Å². The predicted molar refractivity (Wildman–Crippen MR) is 49.2 cm³/mol. The molecule has 1 amide bonds. The Balaban J connectivity index is 2.52. The predicted octanol–water partition coefficient (Wildman–Crippen LogP) is 0.0160. The second-order valence-electron chi connectivity index (χ2n) is 2.59. The number of methoxy groups -OCH3 is 1. The van der Waals surface area contributed by atoms with E-state index in [1.807, 2.05) is 0 Å². The molecule has 0 saturated heterocycles. The largest absolute Gasteiger partial charge is 0.430 e. The highest BCUT2D eigenvalue weighted by Gasteiger charge is 2.04. The maximum Gasteiger partial charge on any atom is 0.335 e. The molecule has 1 aromatic heterocycles. The van der Waals surface area contributed by atoms with Gasteiger partial charge in [0.1, 0.15) is 6.26 Å². The van der Waals surface area contributed by atoms with Gasteiger partial charge >= 0.3 is 5.63 Å². The van der Waals surface area contributed by atoms with Gasteiger partial charge in [0.15, 0.2) is 0 Å². The Morgan fingerprint density at radius 2 is 2.36 bits per heavy atom. The summed E-state index contributed by atoms with van der Waals surface area (Å²) < 4.78 is 9.30. The Labute approximate surface area is 80.7 Å². The third-order valence-corrected chi connectivity index (χ3v) is 1.55. The zero-order valence-electron chi connectivity index (χ0n) is 7.78. The lowest BCUT2D eigenvalue weighted by molar-refractivity contribution is 0.0934. The lowest BCUT2D eigenvalue weighted by Crippen LogP contribution is -2.27. The Hall–Kier alpha value is -1.62. The van der Waals surface area contributed by atoms with E-state index in [9.17, 15) is 9.59 Å². The maximum absolute atomic E-state index is 11.3. The first-order chi connectivity index (χ1) is 6.74. The lowest BCUT2D eigenvalue weighted by Gasteiger charge is -2.02. The SMILES string of the molecule is COCCNC(=O)c1ccc(=O)oc1. The molecule has 0 unspecified atom stereocenters. The molecule has 1 heterocycles. The van der Waals surface area contributed by atoms with Crippen molar-refractivity contribution in [3.05, 3.63) is 34.4 Å². The smallest absolute Gasteiger partial charge is 0.335 e. The van der Waals surface area contributed by atoms with Gasteiger partial charge < -0.3 is 14.5 Å². The average molecular weight is 197 g/mol. The summed E-state index contributed by atoms with van der Waals surface area (Å²) >= 11 is 0. The van der Waals surface area contributed by atoms with Crippen molar-refractivity contribution in [2.24, 2.45) is 0 Å². The second-order valence-corrected chi connectivity index (χ2v) is 2.59. The molecular formula is C9H11NO4. The highest BCUT2D eigenvalue weighted by atomic mass is 16.5. The highest BCUT2D eigenvalue weighted by Crippen LogP contribution is 1.93. The molecule has 0 aliphatic rings. The van der Waals surface area contributed by atoms with Crippen molar-refractivity contribution in [3.63, 3.8) is 0 Å². The molecule has 0 atom stereocenters. The summed E-state index contributed by atoms with van der Waals surface area (Å²) in [7, 11) is 1.55. The van der Waals surface area contributed by atoms with Crippen molar-refractivity contribution in [1.82, 2.24) is 5.32 Å². The van der Waals surface area contributed by atoms with Gasteiger partial charge in [0.05, 0.1) is 12.2 Å². The third-order valence-electron chi connectivity index (χ3n) is 1.55. The molecule has 5 heteroatoms. The summed E-state index contributed by atoms with van der Waals surface area (Å²) in [5.41, 5.74) is -0.154. The molecule has 1 rings (SSSR count). The van der Waals surface area contributed by atoms with Gasteiger partial charge in [-0.2, -0.15) is 0 Å². The van der Waals surface area contributed by atoms with Gasteiger partial charge in [-0.25, -0.2) is 4.79 Å². The van der Waals surface area contributed by atoms with Crippen LogP contribution in [-0.2, 0) is 4.74 Å². The van der Waals surface area contributed by atoms with Crippen LogP contribution in [0.4, 0.5) is 0 Å². The van der Waals surface area contributed by atoms with Crippen molar-refractivity contribution >= 4 is 5.91 Å². The van der Waals surface area contributed by atoms with E-state index in [2.05, 4.69) is 9.73 Å². The summed E-state index contributed by atoms with van der Waals surface area (Å²) in [5, 5.41) is 2.59. The highest BCUT2D eigenvalue weighted by molar-refractivity contribution is 5.93. The van der Waals surface area contributed by atoms with E-state index in [0.717, 1.165) is 6.26 Å². The summed E-state index contributed by atoms with van der Waals surface area (Å²) in [5.74, 6) is -0.286. The molecule has 5 nitrogen and oxygen atoms in total. The minimum Gasteiger partial charge on any atom is -0.430 e. The van der Waals surface area contributed by atoms with E-state index in [1.165, 1.54) is 12.1 Å².